The van der Waals surface area contributed by atoms with Crippen molar-refractivity contribution in [2.75, 3.05) is 0 Å². The van der Waals surface area contributed by atoms with Gasteiger partial charge < -0.3 is 8.83 Å². The molecule has 25 heavy (non-hydrogen) atoms. The minimum atomic E-state index is 0.561. The molecule has 0 saturated heterocycles. The first-order valence-corrected chi connectivity index (χ1v) is 8.64. The Bertz CT molecular complexity index is 1060. The van der Waals surface area contributed by atoms with Gasteiger partial charge in [-0.1, -0.05) is 31.4 Å². The molecule has 0 unspecified atom stereocenters. The van der Waals surface area contributed by atoms with Crippen LogP contribution < -0.4 is 10.8 Å². The molecule has 5 heteroatoms. The summed E-state index contributed by atoms with van der Waals surface area (Å²) in [6.45, 7) is 11.3. The van der Waals surface area contributed by atoms with Gasteiger partial charge in [-0.2, -0.15) is 0 Å². The number of rotatable bonds is 5. The molecule has 0 N–H and O–H groups in total. The zero-order valence-corrected chi connectivity index (χ0v) is 15.0. The summed E-state index contributed by atoms with van der Waals surface area (Å²) in [5, 5.41) is 0.797. The summed E-state index contributed by atoms with van der Waals surface area (Å²) in [5.74, 6) is 1.83. The summed E-state index contributed by atoms with van der Waals surface area (Å²) in [4.78, 5) is 10.8. The van der Waals surface area contributed by atoms with Gasteiger partial charge in [-0.15, -0.1) is 11.3 Å². The highest BCUT2D eigenvalue weighted by molar-refractivity contribution is 7.18. The molecule has 126 valence electrons. The van der Waals surface area contributed by atoms with Crippen molar-refractivity contribution in [3.05, 3.63) is 59.7 Å². The highest BCUT2D eigenvalue weighted by Gasteiger charge is 2.15. The molecule has 3 rings (SSSR count). The molecular weight excluding hydrogens is 332 g/mol. The maximum absolute atomic E-state index is 5.83. The summed E-state index contributed by atoms with van der Waals surface area (Å²) in [6, 6.07) is 3.91. The van der Waals surface area contributed by atoms with Crippen LogP contribution >= 0.6 is 11.3 Å². The molecule has 0 amide bonds. The number of thiophene rings is 1. The molecule has 0 aliphatic heterocycles. The number of nitrogens with zero attached hydrogens (tertiary/aromatic N) is 2. The second-order valence-electron chi connectivity index (χ2n) is 5.10. The van der Waals surface area contributed by atoms with Gasteiger partial charge in [0.15, 0.2) is 11.2 Å². The Kier molecular flexibility index (Phi) is 4.95. The zero-order valence-electron chi connectivity index (χ0n) is 14.2. The Morgan fingerprint density at radius 1 is 1.04 bits per heavy atom. The van der Waals surface area contributed by atoms with Crippen molar-refractivity contribution in [1.29, 1.82) is 0 Å². The van der Waals surface area contributed by atoms with Gasteiger partial charge in [-0.25, -0.2) is 9.97 Å². The molecule has 3 aromatic heterocycles. The van der Waals surface area contributed by atoms with Crippen molar-refractivity contribution >= 4 is 35.6 Å². The zero-order chi connectivity index (χ0) is 17.8. The molecule has 3 aromatic rings. The lowest BCUT2D eigenvalue weighted by atomic mass is 10.3. The van der Waals surface area contributed by atoms with E-state index >= 15 is 0 Å². The molecular formula is C20H18N2O2S. The summed E-state index contributed by atoms with van der Waals surface area (Å²) in [5.41, 5.74) is 1.42. The van der Waals surface area contributed by atoms with E-state index in [1.54, 1.807) is 18.2 Å². The molecule has 0 bridgehead atoms. The van der Waals surface area contributed by atoms with Crippen LogP contribution in [0.3, 0.4) is 0 Å². The Morgan fingerprint density at radius 3 is 2.36 bits per heavy atom. The largest absolute Gasteiger partial charge is 0.435 e. The van der Waals surface area contributed by atoms with Crippen molar-refractivity contribution < 1.29 is 8.83 Å². The fraction of sp³-hybridized carbons (Fsp3) is 0.100. The van der Waals surface area contributed by atoms with E-state index in [1.807, 2.05) is 44.2 Å². The third kappa shape index (κ3) is 3.32. The Hall–Kier alpha value is -2.92. The molecule has 0 fully saturated rings. The average Bonchev–Trinajstić information content (AvgIpc) is 3.32. The maximum atomic E-state index is 5.83. The second-order valence-corrected chi connectivity index (χ2v) is 6.18. The first-order chi connectivity index (χ1) is 12.2. The first kappa shape index (κ1) is 16.9. The van der Waals surface area contributed by atoms with Crippen molar-refractivity contribution in [1.82, 2.24) is 9.97 Å². The van der Waals surface area contributed by atoms with Crippen LogP contribution in [0.15, 0.2) is 46.3 Å². The van der Waals surface area contributed by atoms with Gasteiger partial charge in [-0.05, 0) is 44.2 Å². The monoisotopic (exact) mass is 350 g/mol. The minimum Gasteiger partial charge on any atom is -0.435 e. The normalized spacial score (nSPS) is 13.0. The van der Waals surface area contributed by atoms with Crippen molar-refractivity contribution in [3.8, 4) is 21.5 Å². The molecule has 0 spiro atoms. The molecule has 0 aromatic carbocycles. The van der Waals surface area contributed by atoms with Gasteiger partial charge in [0.2, 0.25) is 11.8 Å². The third-order valence-corrected chi connectivity index (χ3v) is 4.51. The number of hydrogen-bond acceptors (Lipinski definition) is 5. The van der Waals surface area contributed by atoms with Gasteiger partial charge in [0.05, 0.1) is 9.75 Å². The van der Waals surface area contributed by atoms with Crippen molar-refractivity contribution in [2.24, 2.45) is 0 Å². The number of allylic oxidation sites excluding steroid dienone is 2. The fourth-order valence-corrected chi connectivity index (χ4v) is 3.17. The Balaban J connectivity index is 2.03. The lowest BCUT2D eigenvalue weighted by Gasteiger charge is -1.88. The predicted molar refractivity (Wildman–Crippen MR) is 104 cm³/mol. The van der Waals surface area contributed by atoms with E-state index in [2.05, 4.69) is 23.1 Å². The topological polar surface area (TPSA) is 52.1 Å². The minimum absolute atomic E-state index is 0.561. The number of hydrogen-bond donors (Lipinski definition) is 0. The van der Waals surface area contributed by atoms with E-state index in [-0.39, 0.29) is 0 Å². The lowest BCUT2D eigenvalue weighted by molar-refractivity contribution is 0.542. The Labute approximate surface area is 149 Å². The molecule has 0 radical (unpaired) electrons. The van der Waals surface area contributed by atoms with Crippen LogP contribution in [0.2, 0.25) is 0 Å². The van der Waals surface area contributed by atoms with Gasteiger partial charge in [0.1, 0.15) is 11.0 Å². The number of aromatic nitrogens is 2. The van der Waals surface area contributed by atoms with E-state index in [4.69, 9.17) is 8.83 Å². The van der Waals surface area contributed by atoms with E-state index in [0.29, 0.717) is 23.0 Å². The van der Waals surface area contributed by atoms with Gasteiger partial charge in [0, 0.05) is 0 Å². The summed E-state index contributed by atoms with van der Waals surface area (Å²) >= 11 is 1.52. The van der Waals surface area contributed by atoms with E-state index < -0.39 is 0 Å². The average molecular weight is 350 g/mol. The van der Waals surface area contributed by atoms with Crippen LogP contribution in [0.25, 0.3) is 45.8 Å². The fourth-order valence-electron chi connectivity index (χ4n) is 2.32. The molecule has 4 nitrogen and oxygen atoms in total. The van der Waals surface area contributed by atoms with Gasteiger partial charge >= 0.3 is 0 Å². The van der Waals surface area contributed by atoms with Crippen LogP contribution in [0.1, 0.15) is 25.3 Å². The van der Waals surface area contributed by atoms with Crippen LogP contribution in [0.4, 0.5) is 0 Å². The van der Waals surface area contributed by atoms with Crippen LogP contribution in [-0.2, 0) is 0 Å². The first-order valence-electron chi connectivity index (χ1n) is 7.82. The number of oxazole rings is 2. The summed E-state index contributed by atoms with van der Waals surface area (Å²) in [7, 11) is 0. The van der Waals surface area contributed by atoms with E-state index in [9.17, 15) is 0 Å². The molecule has 0 atom stereocenters. The highest BCUT2D eigenvalue weighted by atomic mass is 32.1. The SMILES string of the molecule is C=C/C=c1/oc(-c2ccc(-c3nc(C=C)c(/C=C\C)o3)s2)n/c1=C/C. The lowest BCUT2D eigenvalue weighted by Crippen LogP contribution is -2.20. The van der Waals surface area contributed by atoms with Crippen molar-refractivity contribution in [2.45, 2.75) is 13.8 Å². The Morgan fingerprint density at radius 2 is 1.76 bits per heavy atom. The summed E-state index contributed by atoms with van der Waals surface area (Å²) in [6.07, 6.45) is 10.9. The smallest absolute Gasteiger partial charge is 0.237 e. The van der Waals surface area contributed by atoms with Gasteiger partial charge in [0.25, 0.3) is 0 Å². The van der Waals surface area contributed by atoms with Crippen LogP contribution in [0, 0.1) is 0 Å². The standard InChI is InChI=1S/C20H18N2O2S/c1-5-9-15-13(7-3)21-19(23-15)17-11-12-18(25-17)20-22-14(8-4)16(24-20)10-6-2/h5-12H,1,4H2,2-3H3/b10-6-,13-7+,15-9+. The van der Waals surface area contributed by atoms with E-state index in [1.165, 1.54) is 11.3 Å². The quantitative estimate of drug-likeness (QED) is 0.680. The molecule has 3 heterocycles. The molecule has 0 aliphatic rings. The van der Waals surface area contributed by atoms with Gasteiger partial charge in [-0.3, -0.25) is 0 Å². The third-order valence-electron chi connectivity index (χ3n) is 3.44. The van der Waals surface area contributed by atoms with Crippen LogP contribution in [0.5, 0.6) is 0 Å². The van der Waals surface area contributed by atoms with E-state index in [0.717, 1.165) is 20.8 Å². The van der Waals surface area contributed by atoms with Crippen molar-refractivity contribution in [3.63, 3.8) is 0 Å². The maximum Gasteiger partial charge on any atom is 0.237 e. The molecule has 0 saturated carbocycles. The second kappa shape index (κ2) is 7.32. The van der Waals surface area contributed by atoms with Crippen LogP contribution in [-0.4, -0.2) is 9.97 Å². The summed E-state index contributed by atoms with van der Waals surface area (Å²) < 4.78 is 11.7. The highest BCUT2D eigenvalue weighted by Crippen LogP contribution is 2.34. The predicted octanol–water partition coefficient (Wildman–Crippen LogP) is 4.50. The molecule has 0 aliphatic carbocycles.